The highest BCUT2D eigenvalue weighted by Crippen LogP contribution is 2.21. The van der Waals surface area contributed by atoms with E-state index < -0.39 is 35.9 Å². The van der Waals surface area contributed by atoms with Crippen LogP contribution >= 0.6 is 0 Å². The van der Waals surface area contributed by atoms with Crippen molar-refractivity contribution >= 4 is 23.5 Å². The molecule has 1 aliphatic carbocycles. The molecule has 2 atom stereocenters. The van der Waals surface area contributed by atoms with E-state index in [4.69, 9.17) is 0 Å². The standard InChI is InChI=1S/C24H35N7O6/c1-4-19(31-11-10-25-22(24(31)36)26-13-18-15(2)28-37-29-18)23(35)27-17(12-21(33)34)20(32)14-30(3)16-8-6-5-7-9-16/h10-11,16-17,19H,4-9,12-14H2,1-3H3,(H,25,26)(H,27,35)(H,33,34)/t17-,19?/m0/s1. The van der Waals surface area contributed by atoms with Crippen molar-refractivity contribution in [1.82, 2.24) is 30.1 Å². The Hall–Kier alpha value is -3.61. The van der Waals surface area contributed by atoms with Crippen LogP contribution < -0.4 is 16.2 Å². The maximum absolute atomic E-state index is 13.2. The van der Waals surface area contributed by atoms with Crippen LogP contribution in [0.1, 0.15) is 69.3 Å². The van der Waals surface area contributed by atoms with Gasteiger partial charge in [0.1, 0.15) is 17.4 Å². The van der Waals surface area contributed by atoms with E-state index in [0.717, 1.165) is 25.7 Å². The quantitative estimate of drug-likeness (QED) is 0.349. The molecule has 0 aromatic carbocycles. The average Bonchev–Trinajstić information content (AvgIpc) is 3.29. The number of hydrogen-bond donors (Lipinski definition) is 3. The number of amides is 1. The molecule has 1 unspecified atom stereocenters. The van der Waals surface area contributed by atoms with Crippen molar-refractivity contribution in [2.75, 3.05) is 18.9 Å². The summed E-state index contributed by atoms with van der Waals surface area (Å²) in [5.74, 6) is -2.18. The largest absolute Gasteiger partial charge is 0.481 e. The van der Waals surface area contributed by atoms with E-state index in [2.05, 4.69) is 30.6 Å². The fourth-order valence-corrected chi connectivity index (χ4v) is 4.57. The van der Waals surface area contributed by atoms with Crippen LogP contribution in [0.3, 0.4) is 0 Å². The van der Waals surface area contributed by atoms with Crippen LogP contribution in [0, 0.1) is 6.92 Å². The van der Waals surface area contributed by atoms with Gasteiger partial charge in [0.2, 0.25) is 5.91 Å². The maximum Gasteiger partial charge on any atom is 0.305 e. The summed E-state index contributed by atoms with van der Waals surface area (Å²) >= 11 is 0. The van der Waals surface area contributed by atoms with E-state index in [1.54, 1.807) is 13.8 Å². The van der Waals surface area contributed by atoms with Gasteiger partial charge in [0.25, 0.3) is 5.56 Å². The van der Waals surface area contributed by atoms with Gasteiger partial charge in [-0.3, -0.25) is 28.6 Å². The highest BCUT2D eigenvalue weighted by molar-refractivity contribution is 5.94. The molecule has 13 nitrogen and oxygen atoms in total. The normalized spacial score (nSPS) is 15.8. The number of nitrogens with one attached hydrogen (secondary N) is 2. The summed E-state index contributed by atoms with van der Waals surface area (Å²) in [6, 6.07) is -1.91. The first-order chi connectivity index (χ1) is 17.7. The molecule has 0 spiro atoms. The third kappa shape index (κ3) is 7.44. The number of carbonyl (C=O) groups is 3. The molecular formula is C24H35N7O6. The van der Waals surface area contributed by atoms with Crippen LogP contribution in [0.15, 0.2) is 21.8 Å². The summed E-state index contributed by atoms with van der Waals surface area (Å²) in [5.41, 5.74) is 0.532. The molecule has 2 aromatic heterocycles. The van der Waals surface area contributed by atoms with Gasteiger partial charge in [-0.2, -0.15) is 0 Å². The molecule has 37 heavy (non-hydrogen) atoms. The average molecular weight is 518 g/mol. The second-order valence-corrected chi connectivity index (χ2v) is 9.39. The molecule has 13 heteroatoms. The van der Waals surface area contributed by atoms with E-state index in [-0.39, 0.29) is 37.2 Å². The van der Waals surface area contributed by atoms with Crippen molar-refractivity contribution in [2.24, 2.45) is 0 Å². The Balaban J connectivity index is 1.71. The molecule has 0 saturated heterocycles. The molecular weight excluding hydrogens is 482 g/mol. The summed E-state index contributed by atoms with van der Waals surface area (Å²) in [6.07, 6.45) is 7.82. The third-order valence-electron chi connectivity index (χ3n) is 6.75. The number of anilines is 1. The van der Waals surface area contributed by atoms with Crippen molar-refractivity contribution < 1.29 is 24.1 Å². The molecule has 1 amide bonds. The van der Waals surface area contributed by atoms with Crippen molar-refractivity contribution in [3.63, 3.8) is 0 Å². The van der Waals surface area contributed by atoms with Gasteiger partial charge >= 0.3 is 5.97 Å². The molecule has 3 N–H and O–H groups in total. The lowest BCUT2D eigenvalue weighted by Gasteiger charge is -2.31. The second kappa shape index (κ2) is 13.1. The van der Waals surface area contributed by atoms with Gasteiger partial charge in [0.05, 0.1) is 25.6 Å². The van der Waals surface area contributed by atoms with Crippen LogP contribution in [0.4, 0.5) is 5.82 Å². The van der Waals surface area contributed by atoms with Crippen LogP contribution in [-0.2, 0) is 20.9 Å². The Bertz CT molecular complexity index is 1140. The fourth-order valence-electron chi connectivity index (χ4n) is 4.57. The molecule has 0 radical (unpaired) electrons. The summed E-state index contributed by atoms with van der Waals surface area (Å²) < 4.78 is 5.86. The molecule has 202 valence electrons. The molecule has 0 bridgehead atoms. The number of aliphatic carboxylic acids is 1. The van der Waals surface area contributed by atoms with Gasteiger partial charge in [-0.25, -0.2) is 9.61 Å². The monoisotopic (exact) mass is 517 g/mol. The minimum atomic E-state index is -1.21. The third-order valence-corrected chi connectivity index (χ3v) is 6.75. The Labute approximate surface area is 214 Å². The lowest BCUT2D eigenvalue weighted by molar-refractivity contribution is -0.140. The van der Waals surface area contributed by atoms with Crippen molar-refractivity contribution in [2.45, 2.75) is 83.5 Å². The minimum Gasteiger partial charge on any atom is -0.481 e. The maximum atomic E-state index is 13.2. The molecule has 3 rings (SSSR count). The number of nitrogens with zero attached hydrogens (tertiary/aromatic N) is 5. The van der Waals surface area contributed by atoms with E-state index in [1.165, 1.54) is 23.4 Å². The van der Waals surface area contributed by atoms with Crippen molar-refractivity contribution in [3.05, 3.63) is 34.1 Å². The first-order valence-corrected chi connectivity index (χ1v) is 12.5. The number of ketones is 1. The Morgan fingerprint density at radius 1 is 1.24 bits per heavy atom. The Morgan fingerprint density at radius 3 is 2.59 bits per heavy atom. The lowest BCUT2D eigenvalue weighted by atomic mass is 9.94. The second-order valence-electron chi connectivity index (χ2n) is 9.39. The van der Waals surface area contributed by atoms with Crippen LogP contribution in [0.5, 0.6) is 0 Å². The van der Waals surface area contributed by atoms with Crippen molar-refractivity contribution in [3.8, 4) is 0 Å². The number of hydrogen-bond acceptors (Lipinski definition) is 10. The zero-order chi connectivity index (χ0) is 26.9. The summed E-state index contributed by atoms with van der Waals surface area (Å²) in [5, 5.41) is 22.3. The molecule has 1 fully saturated rings. The summed E-state index contributed by atoms with van der Waals surface area (Å²) in [4.78, 5) is 56.8. The number of rotatable bonds is 13. The number of aryl methyl sites for hydroxylation is 1. The molecule has 0 aliphatic heterocycles. The number of carbonyl (C=O) groups excluding carboxylic acids is 2. The predicted octanol–water partition coefficient (Wildman–Crippen LogP) is 1.29. The van der Waals surface area contributed by atoms with Gasteiger partial charge in [0, 0.05) is 18.4 Å². The Morgan fingerprint density at radius 2 is 1.97 bits per heavy atom. The fraction of sp³-hybridized carbons (Fsp3) is 0.625. The Kier molecular flexibility index (Phi) is 9.89. The number of aromatic nitrogens is 4. The molecule has 1 saturated carbocycles. The number of carboxylic acid groups (broad SMARTS) is 1. The zero-order valence-corrected chi connectivity index (χ0v) is 21.5. The van der Waals surface area contributed by atoms with Gasteiger partial charge < -0.3 is 15.7 Å². The minimum absolute atomic E-state index is 0.00317. The van der Waals surface area contributed by atoms with E-state index in [0.29, 0.717) is 11.4 Å². The molecule has 1 aliphatic rings. The highest BCUT2D eigenvalue weighted by atomic mass is 16.6. The van der Waals surface area contributed by atoms with E-state index >= 15 is 0 Å². The van der Waals surface area contributed by atoms with Gasteiger partial charge in [0.15, 0.2) is 11.6 Å². The van der Waals surface area contributed by atoms with Gasteiger partial charge in [-0.15, -0.1) is 0 Å². The first kappa shape index (κ1) is 28.0. The summed E-state index contributed by atoms with van der Waals surface area (Å²) in [7, 11) is 1.85. The SMILES string of the molecule is CCC(C(=O)N[C@@H](CC(=O)O)C(=O)CN(C)C1CCCCC1)n1ccnc(NCc2nonc2C)c1=O. The topological polar surface area (TPSA) is 173 Å². The zero-order valence-electron chi connectivity index (χ0n) is 21.5. The van der Waals surface area contributed by atoms with Crippen LogP contribution in [-0.4, -0.2) is 73.2 Å². The van der Waals surface area contributed by atoms with E-state index in [9.17, 15) is 24.3 Å². The molecule has 2 aromatic rings. The number of carboxylic acids is 1. The molecule has 2 heterocycles. The number of Topliss-reactive ketones (excluding diaryl/α,β-unsaturated/α-hetero) is 1. The number of likely N-dealkylation sites (N-methyl/N-ethyl adjacent to an activating group) is 1. The van der Waals surface area contributed by atoms with Crippen molar-refractivity contribution in [1.29, 1.82) is 0 Å². The first-order valence-electron chi connectivity index (χ1n) is 12.5. The highest BCUT2D eigenvalue weighted by Gasteiger charge is 2.30. The lowest BCUT2D eigenvalue weighted by Crippen LogP contribution is -2.50. The van der Waals surface area contributed by atoms with Gasteiger partial charge in [-0.05, 0) is 33.2 Å². The van der Waals surface area contributed by atoms with Crippen LogP contribution in [0.25, 0.3) is 0 Å². The van der Waals surface area contributed by atoms with Gasteiger partial charge in [-0.1, -0.05) is 36.5 Å². The predicted molar refractivity (Wildman–Crippen MR) is 133 cm³/mol. The smallest absolute Gasteiger partial charge is 0.305 e. The van der Waals surface area contributed by atoms with E-state index in [1.807, 2.05) is 11.9 Å². The summed E-state index contributed by atoms with van der Waals surface area (Å²) in [6.45, 7) is 3.62. The van der Waals surface area contributed by atoms with Crippen LogP contribution in [0.2, 0.25) is 0 Å².